The molecule has 0 saturated carbocycles. The van der Waals surface area contributed by atoms with Gasteiger partial charge in [0.15, 0.2) is 10.6 Å². The molecule has 98 valence electrons. The van der Waals surface area contributed by atoms with Gasteiger partial charge in [-0.2, -0.15) is 4.98 Å². The summed E-state index contributed by atoms with van der Waals surface area (Å²) in [5.41, 5.74) is 2.17. The Kier molecular flexibility index (Phi) is 2.90. The number of hydrogen-bond donors (Lipinski definition) is 1. The van der Waals surface area contributed by atoms with Crippen molar-refractivity contribution in [2.24, 2.45) is 0 Å². The Balaban J connectivity index is 2.00. The molecule has 3 rings (SSSR count). The lowest BCUT2D eigenvalue weighted by Crippen LogP contribution is -2.02. The van der Waals surface area contributed by atoms with Crippen LogP contribution in [0.25, 0.3) is 11.0 Å². The SMILES string of the molecule is Cc1cc2c(cc1F)[nH]c(=S)n2CCc1ncon1. The van der Waals surface area contributed by atoms with Gasteiger partial charge in [-0.1, -0.05) is 5.16 Å². The number of aryl methyl sites for hydroxylation is 3. The second kappa shape index (κ2) is 4.58. The van der Waals surface area contributed by atoms with E-state index in [1.54, 1.807) is 13.0 Å². The largest absolute Gasteiger partial charge is 0.343 e. The van der Waals surface area contributed by atoms with Crippen LogP contribution >= 0.6 is 12.2 Å². The van der Waals surface area contributed by atoms with E-state index >= 15 is 0 Å². The first-order valence-corrected chi connectivity index (χ1v) is 6.20. The van der Waals surface area contributed by atoms with Crippen LogP contribution in [0, 0.1) is 17.5 Å². The van der Waals surface area contributed by atoms with Crippen molar-refractivity contribution >= 4 is 23.3 Å². The molecule has 0 aliphatic rings. The summed E-state index contributed by atoms with van der Waals surface area (Å²) in [6, 6.07) is 3.25. The topological polar surface area (TPSA) is 59.6 Å². The van der Waals surface area contributed by atoms with Gasteiger partial charge in [-0.3, -0.25) is 0 Å². The molecule has 0 saturated heterocycles. The number of aromatic amines is 1. The number of halogens is 1. The van der Waals surface area contributed by atoms with E-state index in [2.05, 4.69) is 19.6 Å². The number of H-pyrrole nitrogens is 1. The van der Waals surface area contributed by atoms with Gasteiger partial charge in [0.2, 0.25) is 6.39 Å². The fourth-order valence-corrected chi connectivity index (χ4v) is 2.32. The summed E-state index contributed by atoms with van der Waals surface area (Å²) in [6.07, 6.45) is 1.90. The van der Waals surface area contributed by atoms with Crippen molar-refractivity contribution in [1.29, 1.82) is 0 Å². The zero-order valence-corrected chi connectivity index (χ0v) is 11.0. The molecule has 0 radical (unpaired) electrons. The smallest absolute Gasteiger partial charge is 0.213 e. The Morgan fingerprint density at radius 2 is 2.32 bits per heavy atom. The number of nitrogens with zero attached hydrogens (tertiary/aromatic N) is 3. The molecule has 7 heteroatoms. The Morgan fingerprint density at radius 1 is 1.47 bits per heavy atom. The van der Waals surface area contributed by atoms with Gasteiger partial charge in [0.1, 0.15) is 5.82 Å². The molecule has 0 fully saturated rings. The van der Waals surface area contributed by atoms with Gasteiger partial charge in [0.05, 0.1) is 11.0 Å². The Labute approximate surface area is 113 Å². The molecular formula is C12H11FN4OS. The minimum absolute atomic E-state index is 0.242. The quantitative estimate of drug-likeness (QED) is 0.748. The summed E-state index contributed by atoms with van der Waals surface area (Å²) in [6.45, 7) is 2.35. The summed E-state index contributed by atoms with van der Waals surface area (Å²) in [5.74, 6) is 0.379. The molecule has 0 aliphatic carbocycles. The van der Waals surface area contributed by atoms with Crippen LogP contribution in [0.1, 0.15) is 11.4 Å². The highest BCUT2D eigenvalue weighted by molar-refractivity contribution is 7.71. The molecule has 2 heterocycles. The van der Waals surface area contributed by atoms with Crippen molar-refractivity contribution in [3.8, 4) is 0 Å². The number of imidazole rings is 1. The maximum Gasteiger partial charge on any atom is 0.213 e. The van der Waals surface area contributed by atoms with Crippen LogP contribution in [-0.4, -0.2) is 19.7 Å². The first kappa shape index (κ1) is 12.0. The van der Waals surface area contributed by atoms with Gasteiger partial charge in [-0.05, 0) is 36.8 Å². The first-order valence-electron chi connectivity index (χ1n) is 5.79. The molecule has 19 heavy (non-hydrogen) atoms. The van der Waals surface area contributed by atoms with Crippen molar-refractivity contribution < 1.29 is 8.91 Å². The highest BCUT2D eigenvalue weighted by Crippen LogP contribution is 2.19. The zero-order chi connectivity index (χ0) is 13.4. The van der Waals surface area contributed by atoms with Gasteiger partial charge < -0.3 is 14.1 Å². The molecule has 2 aromatic heterocycles. The van der Waals surface area contributed by atoms with Crippen LogP contribution in [0.15, 0.2) is 23.0 Å². The summed E-state index contributed by atoms with van der Waals surface area (Å²) >= 11 is 5.25. The molecule has 3 aromatic rings. The molecular weight excluding hydrogens is 267 g/mol. The number of nitrogens with one attached hydrogen (secondary N) is 1. The van der Waals surface area contributed by atoms with E-state index in [9.17, 15) is 4.39 Å². The van der Waals surface area contributed by atoms with Crippen molar-refractivity contribution in [2.45, 2.75) is 19.9 Å². The van der Waals surface area contributed by atoms with Crippen LogP contribution in [0.4, 0.5) is 4.39 Å². The van der Waals surface area contributed by atoms with Crippen molar-refractivity contribution in [1.82, 2.24) is 19.7 Å². The van der Waals surface area contributed by atoms with E-state index in [0.717, 1.165) is 5.52 Å². The fraction of sp³-hybridized carbons (Fsp3) is 0.250. The summed E-state index contributed by atoms with van der Waals surface area (Å²) in [7, 11) is 0. The number of benzene rings is 1. The van der Waals surface area contributed by atoms with Crippen molar-refractivity contribution in [3.05, 3.63) is 40.5 Å². The molecule has 5 nitrogen and oxygen atoms in total. The van der Waals surface area contributed by atoms with Gasteiger partial charge in [-0.15, -0.1) is 0 Å². The number of fused-ring (bicyclic) bond motifs is 1. The monoisotopic (exact) mass is 278 g/mol. The number of aromatic nitrogens is 4. The zero-order valence-electron chi connectivity index (χ0n) is 10.2. The maximum absolute atomic E-state index is 13.5. The average Bonchev–Trinajstić information content (AvgIpc) is 2.96. The molecule has 0 unspecified atom stereocenters. The van der Waals surface area contributed by atoms with E-state index in [0.29, 0.717) is 34.6 Å². The van der Waals surface area contributed by atoms with Gasteiger partial charge in [0.25, 0.3) is 0 Å². The second-order valence-electron chi connectivity index (χ2n) is 4.30. The van der Waals surface area contributed by atoms with Crippen LogP contribution in [0.3, 0.4) is 0 Å². The van der Waals surface area contributed by atoms with Crippen LogP contribution < -0.4 is 0 Å². The summed E-state index contributed by atoms with van der Waals surface area (Å²) in [5, 5.41) is 3.75. The van der Waals surface area contributed by atoms with Gasteiger partial charge in [0, 0.05) is 13.0 Å². The molecule has 1 N–H and O–H groups in total. The molecule has 0 spiro atoms. The second-order valence-corrected chi connectivity index (χ2v) is 4.68. The molecule has 0 aliphatic heterocycles. The molecule has 0 amide bonds. The minimum atomic E-state index is -0.242. The van der Waals surface area contributed by atoms with E-state index in [-0.39, 0.29) is 5.82 Å². The van der Waals surface area contributed by atoms with Crippen LogP contribution in [-0.2, 0) is 13.0 Å². The standard InChI is InChI=1S/C12H11FN4OS/c1-7-4-10-9(5-8(7)13)15-12(19)17(10)3-2-11-14-6-18-16-11/h4-6H,2-3H2,1H3,(H,15,19). The molecule has 1 aromatic carbocycles. The fourth-order valence-electron chi connectivity index (χ4n) is 2.02. The minimum Gasteiger partial charge on any atom is -0.343 e. The van der Waals surface area contributed by atoms with E-state index in [1.165, 1.54) is 12.5 Å². The van der Waals surface area contributed by atoms with E-state index in [4.69, 9.17) is 12.2 Å². The van der Waals surface area contributed by atoms with Crippen molar-refractivity contribution in [3.63, 3.8) is 0 Å². The number of hydrogen-bond acceptors (Lipinski definition) is 4. The lowest BCUT2D eigenvalue weighted by atomic mass is 10.2. The Morgan fingerprint density at radius 3 is 3.05 bits per heavy atom. The maximum atomic E-state index is 13.5. The molecule has 0 atom stereocenters. The normalized spacial score (nSPS) is 11.3. The van der Waals surface area contributed by atoms with Crippen LogP contribution in [0.5, 0.6) is 0 Å². The highest BCUT2D eigenvalue weighted by Gasteiger charge is 2.09. The van der Waals surface area contributed by atoms with Gasteiger partial charge >= 0.3 is 0 Å². The lowest BCUT2D eigenvalue weighted by molar-refractivity contribution is 0.408. The third-order valence-electron chi connectivity index (χ3n) is 3.02. The van der Waals surface area contributed by atoms with Gasteiger partial charge in [-0.25, -0.2) is 4.39 Å². The Hall–Kier alpha value is -2.02. The predicted molar refractivity (Wildman–Crippen MR) is 69.8 cm³/mol. The predicted octanol–water partition coefficient (Wildman–Crippen LogP) is 2.77. The summed E-state index contributed by atoms with van der Waals surface area (Å²) < 4.78 is 20.7. The Bertz CT molecular complexity index is 775. The first-order chi connectivity index (χ1) is 9.15. The van der Waals surface area contributed by atoms with Crippen molar-refractivity contribution in [2.75, 3.05) is 0 Å². The number of rotatable bonds is 3. The third-order valence-corrected chi connectivity index (χ3v) is 3.34. The van der Waals surface area contributed by atoms with E-state index < -0.39 is 0 Å². The summed E-state index contributed by atoms with van der Waals surface area (Å²) in [4.78, 5) is 6.96. The highest BCUT2D eigenvalue weighted by atomic mass is 32.1. The van der Waals surface area contributed by atoms with Crippen LogP contribution in [0.2, 0.25) is 0 Å². The van der Waals surface area contributed by atoms with E-state index in [1.807, 2.05) is 4.57 Å². The molecule has 0 bridgehead atoms. The average molecular weight is 278 g/mol. The third kappa shape index (κ3) is 2.17. The lowest BCUT2D eigenvalue weighted by Gasteiger charge is -2.03.